The van der Waals surface area contributed by atoms with Gasteiger partial charge in [0.1, 0.15) is 0 Å². The minimum atomic E-state index is -0.786. The van der Waals surface area contributed by atoms with Crippen LogP contribution in [0.15, 0.2) is 11.6 Å². The van der Waals surface area contributed by atoms with Crippen molar-refractivity contribution in [3.8, 4) is 0 Å². The molecule has 0 radical (unpaired) electrons. The maximum absolute atomic E-state index is 10.7. The predicted octanol–water partition coefficient (Wildman–Crippen LogP) is 5.72. The van der Waals surface area contributed by atoms with E-state index < -0.39 is 5.97 Å². The molecule has 0 aliphatic carbocycles. The van der Waals surface area contributed by atoms with Gasteiger partial charge in [-0.2, -0.15) is 0 Å². The van der Waals surface area contributed by atoms with E-state index >= 15 is 0 Å². The van der Waals surface area contributed by atoms with E-state index in [0.717, 1.165) is 37.7 Å². The summed E-state index contributed by atoms with van der Waals surface area (Å²) in [6.07, 6.45) is 16.0. The van der Waals surface area contributed by atoms with Crippen LogP contribution in [0.2, 0.25) is 0 Å². The highest BCUT2D eigenvalue weighted by Crippen LogP contribution is 2.17. The van der Waals surface area contributed by atoms with Gasteiger partial charge in [-0.3, -0.25) is 0 Å². The molecule has 19 heavy (non-hydrogen) atoms. The molecule has 112 valence electrons. The van der Waals surface area contributed by atoms with Gasteiger partial charge >= 0.3 is 5.97 Å². The minimum Gasteiger partial charge on any atom is -0.478 e. The third-order valence-corrected chi connectivity index (χ3v) is 3.53. The molecular formula is C17H32O2. The number of rotatable bonds is 13. The van der Waals surface area contributed by atoms with E-state index in [1.807, 2.05) is 0 Å². The molecule has 2 nitrogen and oxygen atoms in total. The van der Waals surface area contributed by atoms with E-state index in [4.69, 9.17) is 5.11 Å². The predicted molar refractivity (Wildman–Crippen MR) is 82.5 cm³/mol. The first-order valence-electron chi connectivity index (χ1n) is 8.13. The molecule has 0 aliphatic heterocycles. The number of unbranched alkanes of at least 4 members (excludes halogenated alkanes) is 8. The van der Waals surface area contributed by atoms with Crippen LogP contribution in [0.1, 0.15) is 90.9 Å². The first-order valence-corrected chi connectivity index (χ1v) is 8.13. The Bertz CT molecular complexity index is 244. The summed E-state index contributed by atoms with van der Waals surface area (Å²) >= 11 is 0. The third-order valence-electron chi connectivity index (χ3n) is 3.53. The zero-order chi connectivity index (χ0) is 14.3. The fraction of sp³-hybridized carbons (Fsp3) is 0.824. The lowest BCUT2D eigenvalue weighted by molar-refractivity contribution is -0.131. The molecule has 0 aromatic heterocycles. The van der Waals surface area contributed by atoms with E-state index in [1.54, 1.807) is 0 Å². The van der Waals surface area contributed by atoms with Gasteiger partial charge in [0.15, 0.2) is 0 Å². The second-order valence-electron chi connectivity index (χ2n) is 5.47. The minimum absolute atomic E-state index is 0.786. The van der Waals surface area contributed by atoms with Crippen molar-refractivity contribution in [2.75, 3.05) is 0 Å². The summed E-state index contributed by atoms with van der Waals surface area (Å²) in [5.74, 6) is -0.786. The Morgan fingerprint density at radius 3 is 1.79 bits per heavy atom. The van der Waals surface area contributed by atoms with Gasteiger partial charge in [-0.25, -0.2) is 4.79 Å². The summed E-state index contributed by atoms with van der Waals surface area (Å²) in [6, 6.07) is 0. The molecule has 0 heterocycles. The summed E-state index contributed by atoms with van der Waals surface area (Å²) in [6.45, 7) is 4.39. The average Bonchev–Trinajstić information content (AvgIpc) is 2.38. The van der Waals surface area contributed by atoms with Gasteiger partial charge in [-0.15, -0.1) is 0 Å². The summed E-state index contributed by atoms with van der Waals surface area (Å²) < 4.78 is 0. The summed E-state index contributed by atoms with van der Waals surface area (Å²) in [5.41, 5.74) is 1.13. The molecule has 0 rings (SSSR count). The molecule has 1 N–H and O–H groups in total. The lowest BCUT2D eigenvalue weighted by Crippen LogP contribution is -1.94. The van der Waals surface area contributed by atoms with Crippen LogP contribution in [-0.2, 0) is 4.79 Å². The molecule has 0 aliphatic rings. The first-order chi connectivity index (χ1) is 9.20. The Kier molecular flexibility index (Phi) is 13.1. The topological polar surface area (TPSA) is 37.3 Å². The Labute approximate surface area is 119 Å². The van der Waals surface area contributed by atoms with Crippen molar-refractivity contribution >= 4 is 5.97 Å². The van der Waals surface area contributed by atoms with Gasteiger partial charge < -0.3 is 5.11 Å². The highest BCUT2D eigenvalue weighted by Gasteiger charge is 2.01. The van der Waals surface area contributed by atoms with Crippen molar-refractivity contribution in [2.45, 2.75) is 90.9 Å². The maximum atomic E-state index is 10.7. The monoisotopic (exact) mass is 268 g/mol. The van der Waals surface area contributed by atoms with Gasteiger partial charge in [0.05, 0.1) is 0 Å². The SMILES string of the molecule is CCCCCCCCCC/C(=C/C(=O)O)CCCC. The summed E-state index contributed by atoms with van der Waals surface area (Å²) in [5, 5.41) is 8.83. The number of carboxylic acids is 1. The lowest BCUT2D eigenvalue weighted by atomic mass is 10.0. The van der Waals surface area contributed by atoms with Crippen molar-refractivity contribution in [2.24, 2.45) is 0 Å². The number of carboxylic acid groups (broad SMARTS) is 1. The Balaban J connectivity index is 3.61. The molecule has 0 fully saturated rings. The number of hydrogen-bond donors (Lipinski definition) is 1. The van der Waals surface area contributed by atoms with Gasteiger partial charge in [0.2, 0.25) is 0 Å². The zero-order valence-electron chi connectivity index (χ0n) is 12.9. The highest BCUT2D eigenvalue weighted by atomic mass is 16.4. The van der Waals surface area contributed by atoms with Crippen LogP contribution in [0.4, 0.5) is 0 Å². The molecule has 0 saturated carbocycles. The van der Waals surface area contributed by atoms with Crippen LogP contribution in [0, 0.1) is 0 Å². The number of carbonyl (C=O) groups is 1. The molecule has 0 unspecified atom stereocenters. The van der Waals surface area contributed by atoms with Crippen LogP contribution in [0.5, 0.6) is 0 Å². The molecule has 0 aromatic carbocycles. The molecule has 0 amide bonds. The molecule has 2 heteroatoms. The molecule has 0 spiro atoms. The van der Waals surface area contributed by atoms with Crippen molar-refractivity contribution in [1.82, 2.24) is 0 Å². The number of allylic oxidation sites excluding steroid dienone is 1. The normalized spacial score (nSPS) is 11.8. The quantitative estimate of drug-likeness (QED) is 0.343. The average molecular weight is 268 g/mol. The van der Waals surface area contributed by atoms with E-state index in [0.29, 0.717) is 0 Å². The van der Waals surface area contributed by atoms with Gasteiger partial charge in [0, 0.05) is 6.08 Å². The summed E-state index contributed by atoms with van der Waals surface area (Å²) in [7, 11) is 0. The molecule has 0 saturated heterocycles. The van der Waals surface area contributed by atoms with Gasteiger partial charge in [-0.05, 0) is 25.7 Å². The van der Waals surface area contributed by atoms with Crippen molar-refractivity contribution in [3.05, 3.63) is 11.6 Å². The molecule has 0 atom stereocenters. The fourth-order valence-corrected chi connectivity index (χ4v) is 2.33. The number of hydrogen-bond acceptors (Lipinski definition) is 1. The summed E-state index contributed by atoms with van der Waals surface area (Å²) in [4.78, 5) is 10.7. The van der Waals surface area contributed by atoms with Crippen LogP contribution in [-0.4, -0.2) is 11.1 Å². The molecule has 0 bridgehead atoms. The molecular weight excluding hydrogens is 236 g/mol. The van der Waals surface area contributed by atoms with Gasteiger partial charge in [0.25, 0.3) is 0 Å². The largest absolute Gasteiger partial charge is 0.478 e. The smallest absolute Gasteiger partial charge is 0.328 e. The maximum Gasteiger partial charge on any atom is 0.328 e. The second-order valence-corrected chi connectivity index (χ2v) is 5.47. The Morgan fingerprint density at radius 2 is 1.26 bits per heavy atom. The Hall–Kier alpha value is -0.790. The van der Waals surface area contributed by atoms with Gasteiger partial charge in [-0.1, -0.05) is 70.8 Å². The second kappa shape index (κ2) is 13.6. The Morgan fingerprint density at radius 1 is 0.789 bits per heavy atom. The molecule has 0 aromatic rings. The van der Waals surface area contributed by atoms with Crippen LogP contribution in [0.3, 0.4) is 0 Å². The van der Waals surface area contributed by atoms with Crippen molar-refractivity contribution in [1.29, 1.82) is 0 Å². The van der Waals surface area contributed by atoms with E-state index in [2.05, 4.69) is 13.8 Å². The highest BCUT2D eigenvalue weighted by molar-refractivity contribution is 5.80. The zero-order valence-corrected chi connectivity index (χ0v) is 12.9. The lowest BCUT2D eigenvalue weighted by Gasteiger charge is -2.06. The van der Waals surface area contributed by atoms with Crippen LogP contribution < -0.4 is 0 Å². The van der Waals surface area contributed by atoms with E-state index in [1.165, 1.54) is 51.0 Å². The third kappa shape index (κ3) is 13.4. The van der Waals surface area contributed by atoms with Crippen molar-refractivity contribution in [3.63, 3.8) is 0 Å². The fourth-order valence-electron chi connectivity index (χ4n) is 2.33. The first kappa shape index (κ1) is 18.2. The van der Waals surface area contributed by atoms with Crippen molar-refractivity contribution < 1.29 is 9.90 Å². The van der Waals surface area contributed by atoms with Crippen LogP contribution >= 0.6 is 0 Å². The van der Waals surface area contributed by atoms with E-state index in [9.17, 15) is 4.79 Å². The van der Waals surface area contributed by atoms with E-state index in [-0.39, 0.29) is 0 Å². The van der Waals surface area contributed by atoms with Crippen LogP contribution in [0.25, 0.3) is 0 Å². The number of aliphatic carboxylic acids is 1. The standard InChI is InChI=1S/C17H32O2/c1-3-5-7-8-9-10-11-12-14-16(13-6-4-2)15-17(18)19/h15H,3-14H2,1-2H3,(H,18,19)/b16-15+.